The molecule has 0 aliphatic rings. The molecule has 0 fully saturated rings. The fourth-order valence-electron chi connectivity index (χ4n) is 1.80. The Kier molecular flexibility index (Phi) is 5.12. The number of carbonyl (C=O) groups is 1. The van der Waals surface area contributed by atoms with Gasteiger partial charge in [-0.05, 0) is 17.0 Å². The molecular formula is C13H18O4. The second-order valence-electron chi connectivity index (χ2n) is 4.15. The van der Waals surface area contributed by atoms with Crippen molar-refractivity contribution in [2.45, 2.75) is 26.1 Å². The number of ether oxygens (including phenoxy) is 1. The summed E-state index contributed by atoms with van der Waals surface area (Å²) in [4.78, 5) is 10.6. The van der Waals surface area contributed by atoms with E-state index in [0.29, 0.717) is 6.61 Å². The highest BCUT2D eigenvalue weighted by Crippen LogP contribution is 2.27. The Morgan fingerprint density at radius 1 is 1.41 bits per heavy atom. The lowest BCUT2D eigenvalue weighted by molar-refractivity contribution is -0.139. The first-order valence-corrected chi connectivity index (χ1v) is 5.52. The Bertz CT molecular complexity index is 375. The Hall–Kier alpha value is -1.39. The number of aliphatic hydroxyl groups is 1. The minimum atomic E-state index is -0.902. The SMILES string of the molecule is COCc1ccccc1C(O)C(C)CC(=O)O. The molecule has 0 aromatic heterocycles. The van der Waals surface area contributed by atoms with Crippen LogP contribution >= 0.6 is 0 Å². The summed E-state index contributed by atoms with van der Waals surface area (Å²) in [6, 6.07) is 7.37. The van der Waals surface area contributed by atoms with Gasteiger partial charge in [0.15, 0.2) is 0 Å². The minimum Gasteiger partial charge on any atom is -0.481 e. The molecule has 4 heteroatoms. The zero-order valence-electron chi connectivity index (χ0n) is 10.1. The summed E-state index contributed by atoms with van der Waals surface area (Å²) in [5, 5.41) is 18.8. The van der Waals surface area contributed by atoms with Crippen LogP contribution in [0.2, 0.25) is 0 Å². The third kappa shape index (κ3) is 3.84. The van der Waals surface area contributed by atoms with E-state index in [2.05, 4.69) is 0 Å². The number of hydrogen-bond donors (Lipinski definition) is 2. The third-order valence-electron chi connectivity index (χ3n) is 2.71. The predicted octanol–water partition coefficient (Wildman–Crippen LogP) is 1.98. The second kappa shape index (κ2) is 6.37. The van der Waals surface area contributed by atoms with Crippen molar-refractivity contribution in [2.75, 3.05) is 7.11 Å². The monoisotopic (exact) mass is 238 g/mol. The molecule has 0 bridgehead atoms. The van der Waals surface area contributed by atoms with Crippen LogP contribution in [0.5, 0.6) is 0 Å². The molecule has 4 nitrogen and oxygen atoms in total. The highest BCUT2D eigenvalue weighted by molar-refractivity contribution is 5.67. The van der Waals surface area contributed by atoms with Crippen molar-refractivity contribution in [2.24, 2.45) is 5.92 Å². The largest absolute Gasteiger partial charge is 0.481 e. The highest BCUT2D eigenvalue weighted by Gasteiger charge is 2.21. The average molecular weight is 238 g/mol. The van der Waals surface area contributed by atoms with Crippen LogP contribution in [0.15, 0.2) is 24.3 Å². The molecule has 0 saturated heterocycles. The first-order valence-electron chi connectivity index (χ1n) is 5.52. The predicted molar refractivity (Wildman–Crippen MR) is 63.5 cm³/mol. The quantitative estimate of drug-likeness (QED) is 0.795. The van der Waals surface area contributed by atoms with Crippen molar-refractivity contribution < 1.29 is 19.7 Å². The van der Waals surface area contributed by atoms with Crippen molar-refractivity contribution in [3.63, 3.8) is 0 Å². The molecule has 0 amide bonds. The van der Waals surface area contributed by atoms with Gasteiger partial charge < -0.3 is 14.9 Å². The fraction of sp³-hybridized carbons (Fsp3) is 0.462. The fourth-order valence-corrected chi connectivity index (χ4v) is 1.80. The molecule has 0 aliphatic carbocycles. The second-order valence-corrected chi connectivity index (χ2v) is 4.15. The maximum Gasteiger partial charge on any atom is 0.303 e. The summed E-state index contributed by atoms with van der Waals surface area (Å²) >= 11 is 0. The van der Waals surface area contributed by atoms with Crippen LogP contribution in [0.25, 0.3) is 0 Å². The van der Waals surface area contributed by atoms with E-state index in [9.17, 15) is 9.90 Å². The first kappa shape index (κ1) is 13.7. The van der Waals surface area contributed by atoms with Gasteiger partial charge in [0.25, 0.3) is 0 Å². The first-order chi connectivity index (χ1) is 8.06. The van der Waals surface area contributed by atoms with Crippen LogP contribution in [0, 0.1) is 5.92 Å². The van der Waals surface area contributed by atoms with Crippen LogP contribution in [0.3, 0.4) is 0 Å². The standard InChI is InChI=1S/C13H18O4/c1-9(7-12(14)15)13(16)11-6-4-3-5-10(11)8-17-2/h3-6,9,13,16H,7-8H2,1-2H3,(H,14,15). The van der Waals surface area contributed by atoms with E-state index in [-0.39, 0.29) is 12.3 Å². The lowest BCUT2D eigenvalue weighted by Gasteiger charge is -2.20. The number of aliphatic carboxylic acids is 1. The van der Waals surface area contributed by atoms with Crippen molar-refractivity contribution in [1.29, 1.82) is 0 Å². The van der Waals surface area contributed by atoms with Gasteiger partial charge in [-0.3, -0.25) is 4.79 Å². The van der Waals surface area contributed by atoms with E-state index in [4.69, 9.17) is 9.84 Å². The van der Waals surface area contributed by atoms with E-state index in [1.54, 1.807) is 20.1 Å². The van der Waals surface area contributed by atoms with Gasteiger partial charge in [-0.1, -0.05) is 31.2 Å². The molecule has 17 heavy (non-hydrogen) atoms. The molecule has 94 valence electrons. The van der Waals surface area contributed by atoms with E-state index >= 15 is 0 Å². The van der Waals surface area contributed by atoms with Crippen LogP contribution < -0.4 is 0 Å². The smallest absolute Gasteiger partial charge is 0.303 e. The van der Waals surface area contributed by atoms with Gasteiger partial charge in [-0.25, -0.2) is 0 Å². The average Bonchev–Trinajstić information content (AvgIpc) is 2.28. The number of benzene rings is 1. The Labute approximate surface area is 101 Å². The zero-order chi connectivity index (χ0) is 12.8. The molecule has 1 aromatic rings. The van der Waals surface area contributed by atoms with E-state index in [1.165, 1.54) is 0 Å². The Morgan fingerprint density at radius 2 is 2.06 bits per heavy atom. The summed E-state index contributed by atoms with van der Waals surface area (Å²) in [5.41, 5.74) is 1.63. The maximum absolute atomic E-state index is 10.6. The van der Waals surface area contributed by atoms with Gasteiger partial charge in [0.2, 0.25) is 0 Å². The summed E-state index contributed by atoms with van der Waals surface area (Å²) < 4.78 is 5.05. The van der Waals surface area contributed by atoms with Gasteiger partial charge in [0.05, 0.1) is 19.1 Å². The van der Waals surface area contributed by atoms with Gasteiger partial charge >= 0.3 is 5.97 Å². The lowest BCUT2D eigenvalue weighted by Crippen LogP contribution is -2.15. The number of rotatable bonds is 6. The third-order valence-corrected chi connectivity index (χ3v) is 2.71. The van der Waals surface area contributed by atoms with Gasteiger partial charge in [0, 0.05) is 7.11 Å². The summed E-state index contributed by atoms with van der Waals surface area (Å²) in [7, 11) is 1.59. The highest BCUT2D eigenvalue weighted by atomic mass is 16.5. The molecule has 2 N–H and O–H groups in total. The minimum absolute atomic E-state index is 0.0531. The summed E-state index contributed by atoms with van der Waals surface area (Å²) in [5.74, 6) is -1.23. The number of carboxylic acid groups (broad SMARTS) is 1. The summed E-state index contributed by atoms with van der Waals surface area (Å²) in [6.07, 6.45) is -0.833. The number of aliphatic hydroxyl groups excluding tert-OH is 1. The van der Waals surface area contributed by atoms with Crippen LogP contribution in [0.1, 0.15) is 30.6 Å². The maximum atomic E-state index is 10.6. The molecule has 2 atom stereocenters. The topological polar surface area (TPSA) is 66.8 Å². The molecule has 1 aromatic carbocycles. The van der Waals surface area contributed by atoms with E-state index in [0.717, 1.165) is 11.1 Å². The van der Waals surface area contributed by atoms with Crippen LogP contribution in [-0.2, 0) is 16.1 Å². The normalized spacial score (nSPS) is 14.3. The molecule has 2 unspecified atom stereocenters. The van der Waals surface area contributed by atoms with Crippen LogP contribution in [-0.4, -0.2) is 23.3 Å². The molecular weight excluding hydrogens is 220 g/mol. The zero-order valence-corrected chi connectivity index (χ0v) is 10.1. The van der Waals surface area contributed by atoms with Crippen molar-refractivity contribution >= 4 is 5.97 Å². The van der Waals surface area contributed by atoms with E-state index in [1.807, 2.05) is 18.2 Å². The summed E-state index contributed by atoms with van der Waals surface area (Å²) in [6.45, 7) is 2.13. The van der Waals surface area contributed by atoms with Gasteiger partial charge in [-0.15, -0.1) is 0 Å². The molecule has 0 heterocycles. The van der Waals surface area contributed by atoms with E-state index < -0.39 is 12.1 Å². The molecule has 0 radical (unpaired) electrons. The number of carboxylic acids is 1. The number of methoxy groups -OCH3 is 1. The van der Waals surface area contributed by atoms with Crippen LogP contribution in [0.4, 0.5) is 0 Å². The van der Waals surface area contributed by atoms with Crippen molar-refractivity contribution in [3.05, 3.63) is 35.4 Å². The molecule has 1 rings (SSSR count). The number of hydrogen-bond acceptors (Lipinski definition) is 3. The van der Waals surface area contributed by atoms with Gasteiger partial charge in [0.1, 0.15) is 0 Å². The lowest BCUT2D eigenvalue weighted by atomic mass is 9.92. The Morgan fingerprint density at radius 3 is 2.65 bits per heavy atom. The van der Waals surface area contributed by atoms with Gasteiger partial charge in [-0.2, -0.15) is 0 Å². The molecule has 0 spiro atoms. The van der Waals surface area contributed by atoms with Crippen molar-refractivity contribution in [1.82, 2.24) is 0 Å². The molecule has 0 aliphatic heterocycles. The molecule has 0 saturated carbocycles. The Balaban J connectivity index is 2.86. The van der Waals surface area contributed by atoms with Crippen molar-refractivity contribution in [3.8, 4) is 0 Å².